The summed E-state index contributed by atoms with van der Waals surface area (Å²) in [4.78, 5) is 0.295. The van der Waals surface area contributed by atoms with E-state index in [2.05, 4.69) is 31.9 Å². The molecule has 0 saturated heterocycles. The van der Waals surface area contributed by atoms with Crippen molar-refractivity contribution in [2.75, 3.05) is 5.73 Å². The van der Waals surface area contributed by atoms with Crippen molar-refractivity contribution in [1.82, 2.24) is 0 Å². The number of rotatable bonds is 3. The Morgan fingerprint density at radius 1 is 1.05 bits per heavy atom. The number of hydrogen-bond donors (Lipinski definition) is 1. The standard InChI is InChI=1S/C13H11Br2NO2S/c14-10-2-1-3-11(7-10)19(17,18)8-9-4-5-12(15)13(16)6-9/h1-7H,8,16H2. The van der Waals surface area contributed by atoms with Crippen LogP contribution in [0.3, 0.4) is 0 Å². The molecule has 0 spiro atoms. The van der Waals surface area contributed by atoms with Crippen molar-refractivity contribution < 1.29 is 8.42 Å². The molecular weight excluding hydrogens is 394 g/mol. The summed E-state index contributed by atoms with van der Waals surface area (Å²) >= 11 is 6.55. The van der Waals surface area contributed by atoms with E-state index in [1.165, 1.54) is 0 Å². The van der Waals surface area contributed by atoms with E-state index in [0.29, 0.717) is 16.1 Å². The molecular formula is C13H11Br2NO2S. The summed E-state index contributed by atoms with van der Waals surface area (Å²) in [5.41, 5.74) is 6.95. The van der Waals surface area contributed by atoms with Gasteiger partial charge in [0.1, 0.15) is 0 Å². The minimum Gasteiger partial charge on any atom is -0.398 e. The molecule has 0 amide bonds. The average molecular weight is 405 g/mol. The maximum atomic E-state index is 12.3. The van der Waals surface area contributed by atoms with Gasteiger partial charge in [0.15, 0.2) is 9.84 Å². The van der Waals surface area contributed by atoms with E-state index in [1.807, 2.05) is 0 Å². The highest BCUT2D eigenvalue weighted by Gasteiger charge is 2.16. The smallest absolute Gasteiger partial charge is 0.182 e. The lowest BCUT2D eigenvalue weighted by atomic mass is 10.2. The summed E-state index contributed by atoms with van der Waals surface area (Å²) in [6.07, 6.45) is 0. The first-order valence-electron chi connectivity index (χ1n) is 5.41. The summed E-state index contributed by atoms with van der Waals surface area (Å²) in [5, 5.41) is 0. The summed E-state index contributed by atoms with van der Waals surface area (Å²) < 4.78 is 26.1. The Morgan fingerprint density at radius 2 is 1.79 bits per heavy atom. The van der Waals surface area contributed by atoms with Crippen molar-refractivity contribution in [3.63, 3.8) is 0 Å². The number of nitrogens with two attached hydrogens (primary N) is 1. The highest BCUT2D eigenvalue weighted by Crippen LogP contribution is 2.24. The fourth-order valence-corrected chi connectivity index (χ4v) is 3.82. The summed E-state index contributed by atoms with van der Waals surface area (Å²) in [6, 6.07) is 11.8. The lowest BCUT2D eigenvalue weighted by Gasteiger charge is -2.07. The number of anilines is 1. The van der Waals surface area contributed by atoms with Gasteiger partial charge in [0, 0.05) is 14.6 Å². The van der Waals surface area contributed by atoms with Crippen LogP contribution in [0.4, 0.5) is 5.69 Å². The number of halogens is 2. The zero-order valence-corrected chi connectivity index (χ0v) is 13.8. The first-order chi connectivity index (χ1) is 8.88. The van der Waals surface area contributed by atoms with Crippen LogP contribution in [0.15, 0.2) is 56.3 Å². The van der Waals surface area contributed by atoms with E-state index in [1.54, 1.807) is 42.5 Å². The second-order valence-corrected chi connectivity index (χ2v) is 7.83. The molecule has 0 fully saturated rings. The molecule has 0 aliphatic heterocycles. The molecule has 100 valence electrons. The van der Waals surface area contributed by atoms with Crippen LogP contribution in [-0.2, 0) is 15.6 Å². The Morgan fingerprint density at radius 3 is 2.42 bits per heavy atom. The predicted octanol–water partition coefficient (Wildman–Crippen LogP) is 3.77. The normalized spacial score (nSPS) is 11.5. The monoisotopic (exact) mass is 403 g/mol. The van der Waals surface area contributed by atoms with Crippen molar-refractivity contribution >= 4 is 47.4 Å². The molecule has 0 unspecified atom stereocenters. The van der Waals surface area contributed by atoms with Crippen molar-refractivity contribution in [1.29, 1.82) is 0 Å². The Hall–Kier alpha value is -0.850. The van der Waals surface area contributed by atoms with Crippen LogP contribution in [0.1, 0.15) is 5.56 Å². The van der Waals surface area contributed by atoms with E-state index in [9.17, 15) is 8.42 Å². The Bertz CT molecular complexity index is 714. The molecule has 0 radical (unpaired) electrons. The van der Waals surface area contributed by atoms with Gasteiger partial charge in [-0.2, -0.15) is 0 Å². The third kappa shape index (κ3) is 3.58. The second-order valence-electron chi connectivity index (χ2n) is 4.07. The quantitative estimate of drug-likeness (QED) is 0.792. The molecule has 0 atom stereocenters. The third-order valence-electron chi connectivity index (χ3n) is 2.57. The summed E-state index contributed by atoms with van der Waals surface area (Å²) in [6.45, 7) is 0. The molecule has 0 bridgehead atoms. The van der Waals surface area contributed by atoms with Crippen LogP contribution < -0.4 is 5.73 Å². The molecule has 0 aliphatic carbocycles. The van der Waals surface area contributed by atoms with Crippen LogP contribution in [0, 0.1) is 0 Å². The van der Waals surface area contributed by atoms with E-state index >= 15 is 0 Å². The van der Waals surface area contributed by atoms with Crippen molar-refractivity contribution in [3.05, 3.63) is 57.0 Å². The Labute approximate surface area is 129 Å². The van der Waals surface area contributed by atoms with Gasteiger partial charge < -0.3 is 5.73 Å². The van der Waals surface area contributed by atoms with Crippen LogP contribution in [0.25, 0.3) is 0 Å². The minimum absolute atomic E-state index is 0.0685. The highest BCUT2D eigenvalue weighted by molar-refractivity contribution is 9.10. The van der Waals surface area contributed by atoms with Gasteiger partial charge in [0.25, 0.3) is 0 Å². The summed E-state index contributed by atoms with van der Waals surface area (Å²) in [5.74, 6) is -0.0685. The number of sulfone groups is 1. The third-order valence-corrected chi connectivity index (χ3v) is 5.47. The topological polar surface area (TPSA) is 60.2 Å². The van der Waals surface area contributed by atoms with E-state index in [0.717, 1.165) is 8.95 Å². The lowest BCUT2D eigenvalue weighted by molar-refractivity contribution is 0.595. The van der Waals surface area contributed by atoms with E-state index in [-0.39, 0.29) is 5.75 Å². The molecule has 2 rings (SSSR count). The number of benzene rings is 2. The van der Waals surface area contributed by atoms with Gasteiger partial charge in [-0.3, -0.25) is 0 Å². The molecule has 6 heteroatoms. The fraction of sp³-hybridized carbons (Fsp3) is 0.0769. The van der Waals surface area contributed by atoms with Crippen molar-refractivity contribution in [2.45, 2.75) is 10.6 Å². The maximum absolute atomic E-state index is 12.3. The van der Waals surface area contributed by atoms with Gasteiger partial charge in [-0.1, -0.05) is 28.1 Å². The fourth-order valence-electron chi connectivity index (χ4n) is 1.65. The van der Waals surface area contributed by atoms with Crippen LogP contribution in [0.2, 0.25) is 0 Å². The molecule has 2 N–H and O–H groups in total. The average Bonchev–Trinajstić information content (AvgIpc) is 2.33. The molecule has 0 saturated carbocycles. The van der Waals surface area contributed by atoms with Crippen LogP contribution in [0.5, 0.6) is 0 Å². The van der Waals surface area contributed by atoms with E-state index in [4.69, 9.17) is 5.73 Å². The summed E-state index contributed by atoms with van der Waals surface area (Å²) in [7, 11) is -3.37. The van der Waals surface area contributed by atoms with Gasteiger partial charge in [0.05, 0.1) is 10.6 Å². The largest absolute Gasteiger partial charge is 0.398 e. The van der Waals surface area contributed by atoms with Gasteiger partial charge in [-0.25, -0.2) is 8.42 Å². The molecule has 2 aromatic rings. The Balaban J connectivity index is 2.33. The minimum atomic E-state index is -3.37. The van der Waals surface area contributed by atoms with Crippen molar-refractivity contribution in [2.24, 2.45) is 0 Å². The second kappa shape index (κ2) is 5.64. The zero-order chi connectivity index (χ0) is 14.0. The first kappa shape index (κ1) is 14.6. The van der Waals surface area contributed by atoms with E-state index < -0.39 is 9.84 Å². The lowest BCUT2D eigenvalue weighted by Crippen LogP contribution is -2.05. The zero-order valence-electron chi connectivity index (χ0n) is 9.81. The van der Waals surface area contributed by atoms with Crippen molar-refractivity contribution in [3.8, 4) is 0 Å². The number of hydrogen-bond acceptors (Lipinski definition) is 3. The number of nitrogen functional groups attached to an aromatic ring is 1. The highest BCUT2D eigenvalue weighted by atomic mass is 79.9. The van der Waals surface area contributed by atoms with Gasteiger partial charge in [-0.15, -0.1) is 0 Å². The van der Waals surface area contributed by atoms with Crippen LogP contribution in [-0.4, -0.2) is 8.42 Å². The first-order valence-corrected chi connectivity index (χ1v) is 8.64. The van der Waals surface area contributed by atoms with Gasteiger partial charge >= 0.3 is 0 Å². The maximum Gasteiger partial charge on any atom is 0.182 e. The Kier molecular flexibility index (Phi) is 4.32. The van der Waals surface area contributed by atoms with Gasteiger partial charge in [-0.05, 0) is 51.8 Å². The molecule has 0 heterocycles. The molecule has 3 nitrogen and oxygen atoms in total. The molecule has 19 heavy (non-hydrogen) atoms. The molecule has 2 aromatic carbocycles. The SMILES string of the molecule is Nc1cc(CS(=O)(=O)c2cccc(Br)c2)ccc1Br. The molecule has 0 aromatic heterocycles. The van der Waals surface area contributed by atoms with Crippen LogP contribution >= 0.6 is 31.9 Å². The van der Waals surface area contributed by atoms with Gasteiger partial charge in [0.2, 0.25) is 0 Å². The molecule has 0 aliphatic rings. The predicted molar refractivity (Wildman–Crippen MR) is 83.6 cm³/mol.